The van der Waals surface area contributed by atoms with Gasteiger partial charge in [0.2, 0.25) is 0 Å². The van der Waals surface area contributed by atoms with E-state index in [1.165, 1.54) is 18.2 Å². The molecule has 0 spiro atoms. The van der Waals surface area contributed by atoms with Crippen LogP contribution in [-0.4, -0.2) is 11.5 Å². The Bertz CT molecular complexity index is 674. The van der Waals surface area contributed by atoms with Crippen molar-refractivity contribution < 1.29 is 22.3 Å². The van der Waals surface area contributed by atoms with Crippen molar-refractivity contribution in [1.29, 1.82) is 0 Å². The van der Waals surface area contributed by atoms with Gasteiger partial charge < -0.3 is 15.4 Å². The van der Waals surface area contributed by atoms with Crippen molar-refractivity contribution in [3.63, 3.8) is 0 Å². The van der Waals surface area contributed by atoms with Crippen molar-refractivity contribution >= 4 is 23.0 Å². The smallest absolute Gasteiger partial charge is 0.406 e. The van der Waals surface area contributed by atoms with Gasteiger partial charge in [-0.3, -0.25) is 0 Å². The first-order chi connectivity index (χ1) is 10.8. The molecule has 0 aliphatic rings. The number of anilines is 1. The third-order valence-electron chi connectivity index (χ3n) is 2.74. The molecule has 0 saturated carbocycles. The molecule has 0 aromatic heterocycles. The average Bonchev–Trinajstić information content (AvgIpc) is 2.47. The van der Waals surface area contributed by atoms with Gasteiger partial charge in [0.1, 0.15) is 11.6 Å². The minimum Gasteiger partial charge on any atom is -0.406 e. The van der Waals surface area contributed by atoms with Crippen molar-refractivity contribution in [2.24, 2.45) is 0 Å². The van der Waals surface area contributed by atoms with Gasteiger partial charge in [0, 0.05) is 17.8 Å². The molecule has 2 rings (SSSR count). The second kappa shape index (κ2) is 7.28. The summed E-state index contributed by atoms with van der Waals surface area (Å²) in [6.07, 6.45) is -4.73. The molecule has 2 N–H and O–H groups in total. The SMILES string of the molecule is Fc1ccccc1CNC(=S)Nc1ccc(OC(F)(F)F)cc1. The highest BCUT2D eigenvalue weighted by Gasteiger charge is 2.30. The van der Waals surface area contributed by atoms with Crippen LogP contribution in [-0.2, 0) is 6.54 Å². The maximum atomic E-state index is 13.4. The highest BCUT2D eigenvalue weighted by molar-refractivity contribution is 7.80. The number of hydrogen-bond acceptors (Lipinski definition) is 2. The largest absolute Gasteiger partial charge is 0.573 e. The van der Waals surface area contributed by atoms with E-state index in [1.807, 2.05) is 0 Å². The summed E-state index contributed by atoms with van der Waals surface area (Å²) in [6.45, 7) is 0.188. The third kappa shape index (κ3) is 5.74. The summed E-state index contributed by atoms with van der Waals surface area (Å²) < 4.78 is 53.3. The Hall–Kier alpha value is -2.35. The van der Waals surface area contributed by atoms with Crippen LogP contribution in [0.25, 0.3) is 0 Å². The molecule has 0 aliphatic heterocycles. The number of thiocarbonyl (C=S) groups is 1. The molecule has 0 radical (unpaired) electrons. The van der Waals surface area contributed by atoms with Crippen molar-refractivity contribution in [1.82, 2.24) is 5.32 Å². The number of benzene rings is 2. The number of ether oxygens (including phenoxy) is 1. The molecule has 0 amide bonds. The second-order valence-corrected chi connectivity index (χ2v) is 4.88. The number of nitrogens with one attached hydrogen (secondary N) is 2. The molecule has 0 atom stereocenters. The fourth-order valence-corrected chi connectivity index (χ4v) is 1.92. The number of hydrogen-bond donors (Lipinski definition) is 2. The summed E-state index contributed by atoms with van der Waals surface area (Å²) in [5.74, 6) is -0.676. The number of rotatable bonds is 4. The van der Waals surface area contributed by atoms with E-state index in [9.17, 15) is 17.6 Å². The Morgan fingerprint density at radius 1 is 1.04 bits per heavy atom. The summed E-state index contributed by atoms with van der Waals surface area (Å²) in [5, 5.41) is 5.81. The highest BCUT2D eigenvalue weighted by atomic mass is 32.1. The number of alkyl halides is 3. The Morgan fingerprint density at radius 3 is 2.30 bits per heavy atom. The van der Waals surface area contributed by atoms with E-state index in [-0.39, 0.29) is 23.2 Å². The first-order valence-electron chi connectivity index (χ1n) is 6.47. The first-order valence-corrected chi connectivity index (χ1v) is 6.88. The van der Waals surface area contributed by atoms with Gasteiger partial charge in [0.05, 0.1) is 0 Å². The fraction of sp³-hybridized carbons (Fsp3) is 0.133. The molecule has 3 nitrogen and oxygen atoms in total. The van der Waals surface area contributed by atoms with Crippen LogP contribution in [0, 0.1) is 5.82 Å². The molecule has 0 bridgehead atoms. The molecule has 23 heavy (non-hydrogen) atoms. The Kier molecular flexibility index (Phi) is 5.38. The van der Waals surface area contributed by atoms with Crippen molar-refractivity contribution in [2.75, 3.05) is 5.32 Å². The summed E-state index contributed by atoms with van der Waals surface area (Å²) in [5.41, 5.74) is 0.927. The van der Waals surface area contributed by atoms with Crippen LogP contribution in [0.2, 0.25) is 0 Å². The van der Waals surface area contributed by atoms with E-state index in [0.29, 0.717) is 11.3 Å². The van der Waals surface area contributed by atoms with Gasteiger partial charge in [-0.15, -0.1) is 13.2 Å². The summed E-state index contributed by atoms with van der Waals surface area (Å²) in [4.78, 5) is 0. The van der Waals surface area contributed by atoms with Gasteiger partial charge in [-0.25, -0.2) is 4.39 Å². The molecule has 0 heterocycles. The predicted molar refractivity (Wildman–Crippen MR) is 82.6 cm³/mol. The van der Waals surface area contributed by atoms with Crippen LogP contribution < -0.4 is 15.4 Å². The Labute approximate surface area is 135 Å². The zero-order valence-corrected chi connectivity index (χ0v) is 12.5. The van der Waals surface area contributed by atoms with Gasteiger partial charge in [-0.2, -0.15) is 0 Å². The average molecular weight is 344 g/mol. The van der Waals surface area contributed by atoms with E-state index in [1.54, 1.807) is 18.2 Å². The number of halogens is 4. The fourth-order valence-electron chi connectivity index (χ4n) is 1.73. The standard InChI is InChI=1S/C15H12F4N2OS/c16-13-4-2-1-3-10(13)9-20-14(23)21-11-5-7-12(8-6-11)22-15(17,18)19/h1-8H,9H2,(H2,20,21,23). The molecular weight excluding hydrogens is 332 g/mol. The van der Waals surface area contributed by atoms with Crippen molar-refractivity contribution in [2.45, 2.75) is 12.9 Å². The monoisotopic (exact) mass is 344 g/mol. The van der Waals surface area contributed by atoms with Crippen LogP contribution in [0.5, 0.6) is 5.75 Å². The van der Waals surface area contributed by atoms with E-state index in [2.05, 4.69) is 15.4 Å². The van der Waals surface area contributed by atoms with Gasteiger partial charge >= 0.3 is 6.36 Å². The van der Waals surface area contributed by atoms with E-state index < -0.39 is 6.36 Å². The summed E-state index contributed by atoms with van der Waals surface area (Å²) in [6, 6.07) is 11.3. The lowest BCUT2D eigenvalue weighted by Gasteiger charge is -2.12. The first kappa shape index (κ1) is 17.0. The summed E-state index contributed by atoms with van der Waals surface area (Å²) in [7, 11) is 0. The lowest BCUT2D eigenvalue weighted by molar-refractivity contribution is -0.274. The van der Waals surface area contributed by atoms with E-state index >= 15 is 0 Å². The van der Waals surface area contributed by atoms with Crippen LogP contribution >= 0.6 is 12.2 Å². The molecule has 0 unspecified atom stereocenters. The van der Waals surface area contributed by atoms with Crippen molar-refractivity contribution in [3.05, 3.63) is 59.9 Å². The second-order valence-electron chi connectivity index (χ2n) is 4.47. The minimum atomic E-state index is -4.73. The lowest BCUT2D eigenvalue weighted by atomic mass is 10.2. The molecule has 122 valence electrons. The van der Waals surface area contributed by atoms with Gasteiger partial charge in [-0.1, -0.05) is 18.2 Å². The quantitative estimate of drug-likeness (QED) is 0.643. The molecule has 8 heteroatoms. The molecule has 0 fully saturated rings. The molecule has 2 aromatic carbocycles. The Morgan fingerprint density at radius 2 is 1.70 bits per heavy atom. The molecule has 0 aliphatic carbocycles. The lowest BCUT2D eigenvalue weighted by Crippen LogP contribution is -2.28. The maximum Gasteiger partial charge on any atom is 0.573 e. The third-order valence-corrected chi connectivity index (χ3v) is 2.99. The van der Waals surface area contributed by atoms with Gasteiger partial charge in [0.15, 0.2) is 5.11 Å². The topological polar surface area (TPSA) is 33.3 Å². The van der Waals surface area contributed by atoms with Crippen LogP contribution in [0.3, 0.4) is 0 Å². The van der Waals surface area contributed by atoms with Crippen LogP contribution in [0.15, 0.2) is 48.5 Å². The Balaban J connectivity index is 1.87. The highest BCUT2D eigenvalue weighted by Crippen LogP contribution is 2.23. The van der Waals surface area contributed by atoms with Gasteiger partial charge in [-0.05, 0) is 42.5 Å². The van der Waals surface area contributed by atoms with Crippen molar-refractivity contribution in [3.8, 4) is 5.75 Å². The van der Waals surface area contributed by atoms with Crippen LogP contribution in [0.4, 0.5) is 23.2 Å². The molecule has 2 aromatic rings. The zero-order valence-electron chi connectivity index (χ0n) is 11.7. The van der Waals surface area contributed by atoms with E-state index in [4.69, 9.17) is 12.2 Å². The maximum absolute atomic E-state index is 13.4. The molecular formula is C15H12F4N2OS. The minimum absolute atomic E-state index is 0.188. The summed E-state index contributed by atoms with van der Waals surface area (Å²) >= 11 is 5.04. The zero-order chi connectivity index (χ0) is 16.9. The molecule has 0 saturated heterocycles. The predicted octanol–water partition coefficient (Wildman–Crippen LogP) is 4.21. The van der Waals surface area contributed by atoms with Gasteiger partial charge in [0.25, 0.3) is 0 Å². The van der Waals surface area contributed by atoms with Crippen LogP contribution in [0.1, 0.15) is 5.56 Å². The normalized spacial score (nSPS) is 11.0. The van der Waals surface area contributed by atoms with E-state index in [0.717, 1.165) is 12.1 Å².